The molecular weight excluding hydrogens is 281 g/mol. The van der Waals surface area contributed by atoms with Crippen LogP contribution in [0.1, 0.15) is 21.5 Å². The fourth-order valence-electron chi connectivity index (χ4n) is 1.21. The Morgan fingerprint density at radius 3 is 2.41 bits per heavy atom. The monoisotopic (exact) mass is 286 g/mol. The van der Waals surface area contributed by atoms with Crippen LogP contribution in [0, 0.1) is 0 Å². The number of hydrogen-bond donors (Lipinski definition) is 1. The van der Waals surface area contributed by atoms with Crippen LogP contribution in [0.3, 0.4) is 0 Å². The van der Waals surface area contributed by atoms with Gasteiger partial charge in [0.05, 0.1) is 11.3 Å². The summed E-state index contributed by atoms with van der Waals surface area (Å²) in [4.78, 5) is 10.9. The fraction of sp³-hybridized carbons (Fsp3) is 0.222. The summed E-state index contributed by atoms with van der Waals surface area (Å²) in [5, 5.41) is -0.973. The molecule has 1 aromatic rings. The van der Waals surface area contributed by atoms with Crippen molar-refractivity contribution in [1.82, 2.24) is 0 Å². The van der Waals surface area contributed by atoms with Gasteiger partial charge in [-0.2, -0.15) is 13.2 Å². The molecule has 0 aliphatic carbocycles. The first-order chi connectivity index (χ1) is 7.71. The van der Waals surface area contributed by atoms with Crippen molar-refractivity contribution in [3.63, 3.8) is 0 Å². The topological polar surface area (TPSA) is 54.4 Å². The van der Waals surface area contributed by atoms with Gasteiger partial charge in [-0.05, 0) is 35.4 Å². The largest absolute Gasteiger partial charge is 0.416 e. The van der Waals surface area contributed by atoms with Crippen LogP contribution in [0.4, 0.5) is 13.2 Å². The van der Waals surface area contributed by atoms with Crippen molar-refractivity contribution in [1.29, 1.82) is 0 Å². The van der Waals surface area contributed by atoms with E-state index < -0.39 is 33.8 Å². The lowest BCUT2D eigenvalue weighted by Gasteiger charge is -2.10. The second-order valence-corrected chi connectivity index (χ2v) is 4.38. The Labute approximate surface area is 102 Å². The zero-order chi connectivity index (χ0) is 13.2. The molecule has 1 N–H and O–H groups in total. The predicted octanol–water partition coefficient (Wildman–Crippen LogP) is 2.81. The molecule has 0 amide bonds. The summed E-state index contributed by atoms with van der Waals surface area (Å²) in [7, 11) is 0. The van der Waals surface area contributed by atoms with Crippen LogP contribution in [0.5, 0.6) is 0 Å². The van der Waals surface area contributed by atoms with Gasteiger partial charge in [-0.15, -0.1) is 0 Å². The summed E-state index contributed by atoms with van der Waals surface area (Å²) < 4.78 is 56.4. The molecule has 1 atom stereocenters. The van der Waals surface area contributed by atoms with Crippen LogP contribution in [-0.4, -0.2) is 14.0 Å². The lowest BCUT2D eigenvalue weighted by atomic mass is 10.1. The van der Waals surface area contributed by atoms with E-state index in [9.17, 15) is 22.2 Å². The molecule has 1 aromatic carbocycles. The van der Waals surface area contributed by atoms with E-state index in [-0.39, 0.29) is 11.1 Å². The van der Waals surface area contributed by atoms with Crippen LogP contribution in [0.25, 0.3) is 0 Å². The molecule has 0 aliphatic heterocycles. The van der Waals surface area contributed by atoms with Gasteiger partial charge in [0, 0.05) is 5.56 Å². The average molecular weight is 287 g/mol. The molecule has 0 fully saturated rings. The van der Waals surface area contributed by atoms with Gasteiger partial charge in [-0.3, -0.25) is 4.79 Å². The first-order valence-corrected chi connectivity index (χ1v) is 5.84. The van der Waals surface area contributed by atoms with E-state index in [1.54, 1.807) is 0 Å². The van der Waals surface area contributed by atoms with Crippen molar-refractivity contribution in [3.05, 3.63) is 34.9 Å². The van der Waals surface area contributed by atoms with Gasteiger partial charge in [0.2, 0.25) is 0 Å². The van der Waals surface area contributed by atoms with Crippen molar-refractivity contribution in [2.45, 2.75) is 11.9 Å². The second-order valence-electron chi connectivity index (χ2n) is 3.11. The van der Waals surface area contributed by atoms with Crippen LogP contribution in [0.2, 0.25) is 0 Å². The third-order valence-corrected chi connectivity index (χ3v) is 2.68. The summed E-state index contributed by atoms with van der Waals surface area (Å²) in [5.74, 6) is -0.586. The summed E-state index contributed by atoms with van der Waals surface area (Å²) >= 11 is 2.80. The number of benzene rings is 1. The van der Waals surface area contributed by atoms with E-state index in [0.717, 1.165) is 6.07 Å². The molecule has 17 heavy (non-hydrogen) atoms. The van der Waals surface area contributed by atoms with E-state index >= 15 is 0 Å². The van der Waals surface area contributed by atoms with E-state index in [1.165, 1.54) is 0 Å². The van der Waals surface area contributed by atoms with Gasteiger partial charge in [0.25, 0.3) is 5.24 Å². The number of carbonyl (C=O) groups excluding carboxylic acids is 1. The first kappa shape index (κ1) is 14.1. The van der Waals surface area contributed by atoms with Crippen molar-refractivity contribution in [2.75, 3.05) is 0 Å². The SMILES string of the molecule is O=C(Cl)c1ccc(C(F)(F)F)cc1CS(=O)O. The summed E-state index contributed by atoms with van der Waals surface area (Å²) in [5.41, 5.74) is -1.41. The summed E-state index contributed by atoms with van der Waals surface area (Å²) in [6.45, 7) is 0. The first-order valence-electron chi connectivity index (χ1n) is 4.19. The summed E-state index contributed by atoms with van der Waals surface area (Å²) in [6.07, 6.45) is -4.58. The van der Waals surface area contributed by atoms with Crippen molar-refractivity contribution in [3.8, 4) is 0 Å². The minimum atomic E-state index is -4.58. The van der Waals surface area contributed by atoms with E-state index in [2.05, 4.69) is 0 Å². The van der Waals surface area contributed by atoms with E-state index in [1.807, 2.05) is 0 Å². The Kier molecular flexibility index (Phi) is 4.29. The Hall–Kier alpha value is -0.920. The zero-order valence-corrected chi connectivity index (χ0v) is 9.70. The van der Waals surface area contributed by atoms with Gasteiger partial charge in [-0.1, -0.05) is 0 Å². The number of hydrogen-bond acceptors (Lipinski definition) is 2. The van der Waals surface area contributed by atoms with E-state index in [0.29, 0.717) is 12.1 Å². The molecule has 0 saturated heterocycles. The molecule has 0 bridgehead atoms. The zero-order valence-electron chi connectivity index (χ0n) is 8.12. The molecule has 0 heterocycles. The Morgan fingerprint density at radius 2 is 2.00 bits per heavy atom. The smallest absolute Gasteiger partial charge is 0.306 e. The maximum atomic E-state index is 12.4. The Balaban J connectivity index is 3.29. The molecule has 0 aliphatic rings. The highest BCUT2D eigenvalue weighted by molar-refractivity contribution is 7.78. The molecule has 1 rings (SSSR count). The number of rotatable bonds is 3. The van der Waals surface area contributed by atoms with Gasteiger partial charge in [0.1, 0.15) is 0 Å². The standard InChI is InChI=1S/C9H6ClF3O3S/c10-8(14)7-2-1-6(9(11,12)13)3-5(7)4-17(15)16/h1-3H,4H2,(H,15,16). The number of halogens is 4. The predicted molar refractivity (Wildman–Crippen MR) is 56.1 cm³/mol. The minimum Gasteiger partial charge on any atom is -0.306 e. The lowest BCUT2D eigenvalue weighted by Crippen LogP contribution is -2.09. The van der Waals surface area contributed by atoms with Gasteiger partial charge < -0.3 is 4.55 Å². The highest BCUT2D eigenvalue weighted by atomic mass is 35.5. The number of alkyl halides is 3. The Morgan fingerprint density at radius 1 is 1.41 bits per heavy atom. The van der Waals surface area contributed by atoms with Gasteiger partial charge in [-0.25, -0.2) is 4.21 Å². The van der Waals surface area contributed by atoms with Crippen molar-refractivity contribution in [2.24, 2.45) is 0 Å². The maximum Gasteiger partial charge on any atom is 0.416 e. The van der Waals surface area contributed by atoms with Crippen LogP contribution < -0.4 is 0 Å². The van der Waals surface area contributed by atoms with Crippen LogP contribution in [0.15, 0.2) is 18.2 Å². The van der Waals surface area contributed by atoms with E-state index in [4.69, 9.17) is 16.2 Å². The Bertz CT molecular complexity index is 473. The third kappa shape index (κ3) is 3.79. The molecule has 0 aromatic heterocycles. The van der Waals surface area contributed by atoms with Gasteiger partial charge in [0.15, 0.2) is 11.1 Å². The third-order valence-electron chi connectivity index (χ3n) is 1.92. The second kappa shape index (κ2) is 5.16. The minimum absolute atomic E-state index is 0.206. The normalized spacial score (nSPS) is 13.5. The van der Waals surface area contributed by atoms with Crippen LogP contribution in [-0.2, 0) is 23.0 Å². The lowest BCUT2D eigenvalue weighted by molar-refractivity contribution is -0.137. The molecule has 0 spiro atoms. The molecular formula is C9H6ClF3O3S. The molecule has 0 saturated carbocycles. The number of carbonyl (C=O) groups is 1. The van der Waals surface area contributed by atoms with Crippen molar-refractivity contribution >= 4 is 27.9 Å². The van der Waals surface area contributed by atoms with Gasteiger partial charge >= 0.3 is 6.18 Å². The van der Waals surface area contributed by atoms with Crippen LogP contribution >= 0.6 is 11.6 Å². The van der Waals surface area contributed by atoms with Crippen molar-refractivity contribution < 1.29 is 26.7 Å². The molecule has 94 valence electrons. The molecule has 3 nitrogen and oxygen atoms in total. The fourth-order valence-corrected chi connectivity index (χ4v) is 1.90. The molecule has 1 unspecified atom stereocenters. The quantitative estimate of drug-likeness (QED) is 0.687. The summed E-state index contributed by atoms with van der Waals surface area (Å²) in [6, 6.07) is 2.23. The molecule has 0 radical (unpaired) electrons. The highest BCUT2D eigenvalue weighted by Gasteiger charge is 2.31. The maximum absolute atomic E-state index is 12.4. The average Bonchev–Trinajstić information content (AvgIpc) is 2.14. The molecule has 8 heteroatoms. The highest BCUT2D eigenvalue weighted by Crippen LogP contribution is 2.31.